The maximum absolute atomic E-state index is 5.90. The molecule has 2 aliphatic heterocycles. The minimum Gasteiger partial charge on any atom is -0.368 e. The first-order chi connectivity index (χ1) is 5.21. The van der Waals surface area contributed by atoms with Gasteiger partial charge >= 0.3 is 0 Å². The third-order valence-electron chi connectivity index (χ3n) is 1.33. The fraction of sp³-hybridized carbons (Fsp3) is 0.200. The third kappa shape index (κ3) is 0.848. The highest BCUT2D eigenvalue weighted by Crippen LogP contribution is 2.23. The Morgan fingerprint density at radius 3 is 3.18 bits per heavy atom. The number of fused-ring (bicyclic) bond motifs is 1. The number of amidine groups is 1. The second-order valence-electron chi connectivity index (χ2n) is 2.10. The number of hydrogen-bond acceptors (Lipinski definition) is 5. The van der Waals surface area contributed by atoms with Crippen LogP contribution in [0.1, 0.15) is 0 Å². The van der Waals surface area contributed by atoms with E-state index in [1.807, 2.05) is 0 Å². The fourth-order valence-corrected chi connectivity index (χ4v) is 0.987. The van der Waals surface area contributed by atoms with E-state index in [0.29, 0.717) is 5.84 Å². The summed E-state index contributed by atoms with van der Waals surface area (Å²) < 4.78 is 0. The summed E-state index contributed by atoms with van der Waals surface area (Å²) in [6.45, 7) is 0. The maximum Gasteiger partial charge on any atom is 0.229 e. The fourth-order valence-electron chi connectivity index (χ4n) is 0.803. The Morgan fingerprint density at radius 1 is 1.55 bits per heavy atom. The van der Waals surface area contributed by atoms with Gasteiger partial charge in [-0.3, -0.25) is 0 Å². The van der Waals surface area contributed by atoms with Crippen LogP contribution in [0.15, 0.2) is 20.0 Å². The molecule has 0 amide bonds. The van der Waals surface area contributed by atoms with Crippen molar-refractivity contribution in [3.63, 3.8) is 0 Å². The molecule has 2 heterocycles. The SMILES string of the molecule is NC1=NC2=NC=NC2(Cl)C=N1. The molecule has 0 bridgehead atoms. The van der Waals surface area contributed by atoms with E-state index in [4.69, 9.17) is 17.3 Å². The van der Waals surface area contributed by atoms with Crippen LogP contribution in [0.25, 0.3) is 0 Å². The summed E-state index contributed by atoms with van der Waals surface area (Å²) in [7, 11) is 0. The average molecular weight is 170 g/mol. The number of alkyl halides is 1. The number of hydrogen-bond donors (Lipinski definition) is 1. The van der Waals surface area contributed by atoms with Crippen molar-refractivity contribution in [3.8, 4) is 0 Å². The van der Waals surface area contributed by atoms with Gasteiger partial charge in [-0.15, -0.1) is 0 Å². The second-order valence-corrected chi connectivity index (χ2v) is 2.68. The summed E-state index contributed by atoms with van der Waals surface area (Å²) >= 11 is 5.90. The number of rotatable bonds is 0. The molecule has 0 aromatic rings. The van der Waals surface area contributed by atoms with E-state index in [1.54, 1.807) is 0 Å². The molecule has 0 saturated heterocycles. The molecule has 0 aromatic carbocycles. The van der Waals surface area contributed by atoms with Crippen molar-refractivity contribution in [2.75, 3.05) is 0 Å². The van der Waals surface area contributed by atoms with Crippen molar-refractivity contribution in [1.29, 1.82) is 0 Å². The molecule has 0 aliphatic carbocycles. The lowest BCUT2D eigenvalue weighted by atomic mass is 10.3. The lowest BCUT2D eigenvalue weighted by molar-refractivity contribution is 1.06. The van der Waals surface area contributed by atoms with Gasteiger partial charge in [0.1, 0.15) is 6.34 Å². The van der Waals surface area contributed by atoms with Gasteiger partial charge in [0.25, 0.3) is 0 Å². The molecular formula is C5H4ClN5. The molecule has 2 N–H and O–H groups in total. The molecule has 2 rings (SSSR count). The van der Waals surface area contributed by atoms with Crippen LogP contribution in [0.4, 0.5) is 0 Å². The van der Waals surface area contributed by atoms with E-state index in [0.717, 1.165) is 0 Å². The second kappa shape index (κ2) is 1.88. The van der Waals surface area contributed by atoms with Crippen LogP contribution in [0, 0.1) is 0 Å². The van der Waals surface area contributed by atoms with Gasteiger partial charge < -0.3 is 5.73 Å². The minimum absolute atomic E-state index is 0.158. The van der Waals surface area contributed by atoms with Crippen LogP contribution in [0.2, 0.25) is 0 Å². The number of aliphatic imine (C=N–C) groups is 4. The monoisotopic (exact) mass is 169 g/mol. The Bertz CT molecular complexity index is 315. The van der Waals surface area contributed by atoms with Crippen LogP contribution in [0.3, 0.4) is 0 Å². The van der Waals surface area contributed by atoms with Gasteiger partial charge in [0.15, 0.2) is 5.84 Å². The quantitative estimate of drug-likeness (QED) is 0.394. The molecule has 6 heteroatoms. The molecule has 2 aliphatic rings. The molecule has 0 saturated carbocycles. The van der Waals surface area contributed by atoms with E-state index in [-0.39, 0.29) is 5.96 Å². The largest absolute Gasteiger partial charge is 0.368 e. The zero-order valence-corrected chi connectivity index (χ0v) is 6.15. The summed E-state index contributed by atoms with van der Waals surface area (Å²) in [6, 6.07) is 0. The average Bonchev–Trinajstić information content (AvgIpc) is 2.31. The van der Waals surface area contributed by atoms with Gasteiger partial charge in [-0.2, -0.15) is 4.99 Å². The molecule has 0 spiro atoms. The third-order valence-corrected chi connectivity index (χ3v) is 1.69. The Hall–Kier alpha value is -1.23. The minimum atomic E-state index is -0.997. The highest BCUT2D eigenvalue weighted by Gasteiger charge is 2.36. The van der Waals surface area contributed by atoms with Gasteiger partial charge in [0.2, 0.25) is 11.0 Å². The normalized spacial score (nSPS) is 33.2. The van der Waals surface area contributed by atoms with Gasteiger partial charge in [-0.25, -0.2) is 15.0 Å². The molecule has 1 unspecified atom stereocenters. The summed E-state index contributed by atoms with van der Waals surface area (Å²) in [4.78, 5) is 14.2. The molecule has 56 valence electrons. The lowest BCUT2D eigenvalue weighted by Gasteiger charge is -2.14. The van der Waals surface area contributed by atoms with Crippen molar-refractivity contribution in [3.05, 3.63) is 0 Å². The van der Waals surface area contributed by atoms with Crippen molar-refractivity contribution in [1.82, 2.24) is 0 Å². The first kappa shape index (κ1) is 6.48. The number of nitrogens with two attached hydrogens (primary N) is 1. The van der Waals surface area contributed by atoms with Crippen LogP contribution in [-0.4, -0.2) is 29.3 Å². The smallest absolute Gasteiger partial charge is 0.229 e. The van der Waals surface area contributed by atoms with Crippen LogP contribution >= 0.6 is 11.6 Å². The lowest BCUT2D eigenvalue weighted by Crippen LogP contribution is -2.34. The zero-order chi connectivity index (χ0) is 7.90. The van der Waals surface area contributed by atoms with E-state index < -0.39 is 5.00 Å². The van der Waals surface area contributed by atoms with Gasteiger partial charge in [-0.05, 0) is 0 Å². The maximum atomic E-state index is 5.90. The van der Waals surface area contributed by atoms with E-state index >= 15 is 0 Å². The van der Waals surface area contributed by atoms with Gasteiger partial charge in [0, 0.05) is 0 Å². The van der Waals surface area contributed by atoms with Crippen molar-refractivity contribution in [2.45, 2.75) is 5.00 Å². The topological polar surface area (TPSA) is 75.5 Å². The van der Waals surface area contributed by atoms with E-state index in [1.165, 1.54) is 12.6 Å². The van der Waals surface area contributed by atoms with Crippen LogP contribution < -0.4 is 5.73 Å². The number of halogens is 1. The zero-order valence-electron chi connectivity index (χ0n) is 5.40. The standard InChI is InChI=1S/C5H4ClN5/c6-5-1-8-4(7)11-3(5)9-2-10-5/h1-2H,(H2,7,9,10,11). The van der Waals surface area contributed by atoms with E-state index in [9.17, 15) is 0 Å². The molecule has 1 atom stereocenters. The molecule has 5 nitrogen and oxygen atoms in total. The molecule has 0 radical (unpaired) electrons. The molecule has 0 fully saturated rings. The Balaban J connectivity index is 2.49. The van der Waals surface area contributed by atoms with Crippen molar-refractivity contribution >= 4 is 35.9 Å². The van der Waals surface area contributed by atoms with Gasteiger partial charge in [-0.1, -0.05) is 11.6 Å². The summed E-state index contributed by atoms with van der Waals surface area (Å²) in [5.74, 6) is 0.539. The van der Waals surface area contributed by atoms with Crippen LogP contribution in [-0.2, 0) is 0 Å². The summed E-state index contributed by atoms with van der Waals surface area (Å²) in [6.07, 6.45) is 2.76. The molecule has 11 heavy (non-hydrogen) atoms. The van der Waals surface area contributed by atoms with Crippen LogP contribution in [0.5, 0.6) is 0 Å². The highest BCUT2D eigenvalue weighted by atomic mass is 35.5. The molecule has 0 aromatic heterocycles. The van der Waals surface area contributed by atoms with Crippen molar-refractivity contribution in [2.24, 2.45) is 25.7 Å². The van der Waals surface area contributed by atoms with Gasteiger partial charge in [0.05, 0.1) is 6.21 Å². The highest BCUT2D eigenvalue weighted by molar-refractivity contribution is 6.48. The first-order valence-electron chi connectivity index (χ1n) is 2.91. The number of nitrogens with zero attached hydrogens (tertiary/aromatic N) is 4. The Morgan fingerprint density at radius 2 is 2.36 bits per heavy atom. The first-order valence-corrected chi connectivity index (χ1v) is 3.29. The van der Waals surface area contributed by atoms with E-state index in [2.05, 4.69) is 20.0 Å². The molecular weight excluding hydrogens is 166 g/mol. The van der Waals surface area contributed by atoms with Crippen molar-refractivity contribution < 1.29 is 0 Å². The Kier molecular flexibility index (Phi) is 1.11. The number of guanidine groups is 1. The predicted octanol–water partition coefficient (Wildman–Crippen LogP) is -0.239. The Labute approximate surface area is 67.4 Å². The predicted molar refractivity (Wildman–Crippen MR) is 44.6 cm³/mol. The summed E-state index contributed by atoms with van der Waals surface area (Å²) in [5.41, 5.74) is 5.31. The summed E-state index contributed by atoms with van der Waals surface area (Å²) in [5, 5.41) is 0.